The molecule has 7 heteroatoms. The second-order valence-electron chi connectivity index (χ2n) is 3.68. The van der Waals surface area contributed by atoms with Crippen LogP contribution in [0.5, 0.6) is 0 Å². The summed E-state index contributed by atoms with van der Waals surface area (Å²) in [5.74, 6) is 0. The van der Waals surface area contributed by atoms with Crippen LogP contribution in [0.15, 0.2) is 0 Å². The van der Waals surface area contributed by atoms with Gasteiger partial charge in [0.2, 0.25) is 0 Å². The fourth-order valence-electron chi connectivity index (χ4n) is 1.88. The van der Waals surface area contributed by atoms with Crippen molar-refractivity contribution >= 4 is 7.12 Å². The van der Waals surface area contributed by atoms with Gasteiger partial charge in [-0.3, -0.25) is 0 Å². The molecule has 2 aliphatic rings. The van der Waals surface area contributed by atoms with Gasteiger partial charge in [0.15, 0.2) is 6.29 Å². The Morgan fingerprint density at radius 1 is 1.14 bits per heavy atom. The van der Waals surface area contributed by atoms with Gasteiger partial charge in [0.1, 0.15) is 12.2 Å². The van der Waals surface area contributed by atoms with Gasteiger partial charge in [-0.15, -0.1) is 0 Å². The highest BCUT2D eigenvalue weighted by Gasteiger charge is 2.47. The predicted octanol–water partition coefficient (Wildman–Crippen LogP) is -2.31. The van der Waals surface area contributed by atoms with Gasteiger partial charge in [0, 0.05) is 0 Å². The summed E-state index contributed by atoms with van der Waals surface area (Å²) in [4.78, 5) is 0. The smallest absolute Gasteiger partial charge is 0.427 e. The van der Waals surface area contributed by atoms with Crippen molar-refractivity contribution in [2.24, 2.45) is 0 Å². The predicted molar refractivity (Wildman–Crippen MR) is 45.2 cm³/mol. The van der Waals surface area contributed by atoms with Gasteiger partial charge in [-0.25, -0.2) is 0 Å². The first kappa shape index (κ1) is 10.3. The molecule has 2 heterocycles. The average Bonchev–Trinajstić information content (AvgIpc) is 2.16. The lowest BCUT2D eigenvalue weighted by molar-refractivity contribution is -0.282. The molecule has 2 rings (SSSR count). The Morgan fingerprint density at radius 3 is 2.57 bits per heavy atom. The molecule has 2 fully saturated rings. The van der Waals surface area contributed by atoms with E-state index in [9.17, 15) is 20.3 Å². The maximum atomic E-state index is 9.53. The maximum absolute atomic E-state index is 9.53. The van der Waals surface area contributed by atoms with Crippen molar-refractivity contribution < 1.29 is 29.7 Å². The van der Waals surface area contributed by atoms with Crippen LogP contribution in [-0.2, 0) is 9.39 Å². The van der Waals surface area contributed by atoms with Crippen LogP contribution < -0.4 is 0 Å². The lowest BCUT2D eigenvalue weighted by Gasteiger charge is -2.43. The van der Waals surface area contributed by atoms with Crippen LogP contribution >= 0.6 is 0 Å². The minimum Gasteiger partial charge on any atom is -0.427 e. The van der Waals surface area contributed by atoms with E-state index in [-0.39, 0.29) is 0 Å². The Balaban J connectivity index is 2.08. The summed E-state index contributed by atoms with van der Waals surface area (Å²) in [5.41, 5.74) is 0. The standard InChI is InChI=1S/C7H13BO6/c9-4-5(10)7(11)13-3-1-2-8(12)14-6(3)4/h3-7,9-12H,1-2H2/t3-,4-,5-,6-,7?/m1/s1. The Labute approximate surface area is 81.2 Å². The van der Waals surface area contributed by atoms with Crippen molar-refractivity contribution in [1.82, 2.24) is 0 Å². The summed E-state index contributed by atoms with van der Waals surface area (Å²) >= 11 is 0. The number of rotatable bonds is 0. The average molecular weight is 204 g/mol. The third kappa shape index (κ3) is 1.67. The zero-order valence-electron chi connectivity index (χ0n) is 7.48. The van der Waals surface area contributed by atoms with E-state index in [4.69, 9.17) is 9.39 Å². The van der Waals surface area contributed by atoms with E-state index in [2.05, 4.69) is 0 Å². The zero-order valence-corrected chi connectivity index (χ0v) is 7.48. The molecule has 0 radical (unpaired) electrons. The fraction of sp³-hybridized carbons (Fsp3) is 1.00. The highest BCUT2D eigenvalue weighted by molar-refractivity contribution is 6.43. The van der Waals surface area contributed by atoms with Crippen LogP contribution in [0.4, 0.5) is 0 Å². The molecule has 0 aromatic rings. The normalized spacial score (nSPS) is 48.9. The van der Waals surface area contributed by atoms with E-state index in [1.54, 1.807) is 0 Å². The molecule has 0 amide bonds. The van der Waals surface area contributed by atoms with Crippen LogP contribution in [0, 0.1) is 0 Å². The van der Waals surface area contributed by atoms with Gasteiger partial charge in [0.05, 0.1) is 12.2 Å². The molecule has 2 saturated heterocycles. The third-order valence-corrected chi connectivity index (χ3v) is 2.67. The Hall–Kier alpha value is -0.175. The van der Waals surface area contributed by atoms with Crippen LogP contribution in [0.2, 0.25) is 6.32 Å². The summed E-state index contributed by atoms with van der Waals surface area (Å²) in [5, 5.41) is 37.2. The molecule has 0 aromatic carbocycles. The first-order valence-corrected chi connectivity index (χ1v) is 4.63. The molecule has 0 saturated carbocycles. The van der Waals surface area contributed by atoms with Gasteiger partial charge in [0.25, 0.3) is 0 Å². The quantitative estimate of drug-likeness (QED) is 0.331. The van der Waals surface area contributed by atoms with E-state index in [0.717, 1.165) is 0 Å². The number of aliphatic hydroxyl groups excluding tert-OH is 3. The van der Waals surface area contributed by atoms with Crippen molar-refractivity contribution in [3.8, 4) is 0 Å². The molecule has 0 spiro atoms. The molecule has 6 nitrogen and oxygen atoms in total. The first-order valence-electron chi connectivity index (χ1n) is 4.63. The molecule has 4 N–H and O–H groups in total. The van der Waals surface area contributed by atoms with Crippen molar-refractivity contribution in [3.63, 3.8) is 0 Å². The molecular weight excluding hydrogens is 191 g/mol. The molecule has 0 bridgehead atoms. The third-order valence-electron chi connectivity index (χ3n) is 2.67. The van der Waals surface area contributed by atoms with Crippen molar-refractivity contribution in [2.45, 2.75) is 43.4 Å². The van der Waals surface area contributed by atoms with Gasteiger partial charge in [-0.05, 0) is 12.7 Å². The molecule has 0 aliphatic carbocycles. The number of fused-ring (bicyclic) bond motifs is 1. The molecule has 14 heavy (non-hydrogen) atoms. The topological polar surface area (TPSA) is 99.4 Å². The first-order chi connectivity index (χ1) is 6.59. The van der Waals surface area contributed by atoms with E-state index >= 15 is 0 Å². The van der Waals surface area contributed by atoms with Gasteiger partial charge in [-0.1, -0.05) is 0 Å². The highest BCUT2D eigenvalue weighted by Crippen LogP contribution is 2.29. The van der Waals surface area contributed by atoms with Crippen molar-refractivity contribution in [2.75, 3.05) is 0 Å². The zero-order chi connectivity index (χ0) is 10.3. The van der Waals surface area contributed by atoms with Gasteiger partial charge in [-0.2, -0.15) is 0 Å². The second-order valence-corrected chi connectivity index (χ2v) is 3.68. The van der Waals surface area contributed by atoms with Crippen molar-refractivity contribution in [3.05, 3.63) is 0 Å². The minimum atomic E-state index is -1.39. The Bertz CT molecular complexity index is 212. The van der Waals surface area contributed by atoms with Crippen LogP contribution in [0.3, 0.4) is 0 Å². The summed E-state index contributed by atoms with van der Waals surface area (Å²) in [7, 11) is -0.933. The maximum Gasteiger partial charge on any atom is 0.454 e. The van der Waals surface area contributed by atoms with Crippen LogP contribution in [0.25, 0.3) is 0 Å². The van der Waals surface area contributed by atoms with E-state index < -0.39 is 37.8 Å². The molecular formula is C7H13BO6. The number of aliphatic hydroxyl groups is 3. The van der Waals surface area contributed by atoms with Crippen LogP contribution in [-0.4, -0.2) is 58.2 Å². The lowest BCUT2D eigenvalue weighted by Crippen LogP contribution is -2.61. The summed E-state index contributed by atoms with van der Waals surface area (Å²) in [6.07, 6.45) is -4.34. The van der Waals surface area contributed by atoms with Crippen LogP contribution in [0.1, 0.15) is 6.42 Å². The monoisotopic (exact) mass is 204 g/mol. The van der Waals surface area contributed by atoms with Crippen molar-refractivity contribution in [1.29, 1.82) is 0 Å². The van der Waals surface area contributed by atoms with E-state index in [0.29, 0.717) is 12.7 Å². The number of ether oxygens (including phenoxy) is 1. The van der Waals surface area contributed by atoms with Gasteiger partial charge >= 0.3 is 7.12 Å². The summed E-state index contributed by atoms with van der Waals surface area (Å²) < 4.78 is 10.1. The number of hydrogen-bond acceptors (Lipinski definition) is 6. The second kappa shape index (κ2) is 3.76. The lowest BCUT2D eigenvalue weighted by atomic mass is 9.75. The molecule has 2 aliphatic heterocycles. The summed E-state index contributed by atoms with van der Waals surface area (Å²) in [6.45, 7) is 0. The number of hydrogen-bond donors (Lipinski definition) is 4. The molecule has 80 valence electrons. The minimum absolute atomic E-state index is 0.400. The Morgan fingerprint density at radius 2 is 1.86 bits per heavy atom. The fourth-order valence-corrected chi connectivity index (χ4v) is 1.88. The molecule has 5 atom stereocenters. The van der Waals surface area contributed by atoms with Gasteiger partial charge < -0.3 is 29.7 Å². The SMILES string of the molecule is OB1CC[C@H]2OC(O)[C@H](O)[C@@H](O)[C@@H]2O1. The Kier molecular flexibility index (Phi) is 2.78. The van der Waals surface area contributed by atoms with E-state index in [1.807, 2.05) is 0 Å². The molecule has 1 unspecified atom stereocenters. The molecule has 0 aromatic heterocycles. The highest BCUT2D eigenvalue weighted by atomic mass is 16.6. The summed E-state index contributed by atoms with van der Waals surface area (Å²) in [6, 6.07) is 0. The van der Waals surface area contributed by atoms with E-state index in [1.165, 1.54) is 0 Å². The largest absolute Gasteiger partial charge is 0.454 e.